The van der Waals surface area contributed by atoms with Gasteiger partial charge in [-0.15, -0.1) is 0 Å². The van der Waals surface area contributed by atoms with Gasteiger partial charge in [-0.05, 0) is 31.5 Å². The first kappa shape index (κ1) is 15.2. The Morgan fingerprint density at radius 1 is 1.50 bits per heavy atom. The minimum Gasteiger partial charge on any atom is -0.384 e. The second kappa shape index (κ2) is 6.08. The summed E-state index contributed by atoms with van der Waals surface area (Å²) >= 11 is 3.47. The molecule has 0 saturated carbocycles. The highest BCUT2D eigenvalue weighted by molar-refractivity contribution is 9.10. The van der Waals surface area contributed by atoms with E-state index in [1.165, 1.54) is 5.56 Å². The Hall–Kier alpha value is -1.17. The number of halogens is 1. The lowest BCUT2D eigenvalue weighted by Crippen LogP contribution is -2.36. The van der Waals surface area contributed by atoms with Crippen LogP contribution in [0.15, 0.2) is 41.1 Å². The third-order valence-electron chi connectivity index (χ3n) is 3.43. The molecule has 1 aromatic carbocycles. The van der Waals surface area contributed by atoms with Crippen LogP contribution in [0.5, 0.6) is 0 Å². The van der Waals surface area contributed by atoms with Crippen molar-refractivity contribution in [3.8, 4) is 0 Å². The van der Waals surface area contributed by atoms with E-state index in [9.17, 15) is 5.11 Å². The van der Waals surface area contributed by atoms with E-state index < -0.39 is 5.60 Å². The summed E-state index contributed by atoms with van der Waals surface area (Å²) in [6.07, 6.45) is 3.54. The summed E-state index contributed by atoms with van der Waals surface area (Å²) in [6.45, 7) is 4.35. The largest absolute Gasteiger partial charge is 0.384 e. The summed E-state index contributed by atoms with van der Waals surface area (Å²) in [5.74, 6) is 0. The zero-order valence-electron chi connectivity index (χ0n) is 12.0. The van der Waals surface area contributed by atoms with Crippen LogP contribution in [0.4, 0.5) is 0 Å². The van der Waals surface area contributed by atoms with E-state index in [0.717, 1.165) is 10.0 Å². The number of nitrogens with zero attached hydrogens (tertiary/aromatic N) is 2. The van der Waals surface area contributed by atoms with Gasteiger partial charge in [-0.3, -0.25) is 4.68 Å². The Labute approximate surface area is 127 Å². The Morgan fingerprint density at radius 2 is 2.25 bits per heavy atom. The molecule has 1 heterocycles. The number of hydrogen-bond acceptors (Lipinski definition) is 3. The van der Waals surface area contributed by atoms with Gasteiger partial charge in [0.15, 0.2) is 0 Å². The molecule has 0 spiro atoms. The average Bonchev–Trinajstić information content (AvgIpc) is 2.83. The first-order chi connectivity index (χ1) is 9.38. The van der Waals surface area contributed by atoms with E-state index in [1.807, 2.05) is 25.4 Å². The minimum absolute atomic E-state index is 0.163. The van der Waals surface area contributed by atoms with Crippen LogP contribution in [-0.4, -0.2) is 21.4 Å². The van der Waals surface area contributed by atoms with Gasteiger partial charge in [0.05, 0.1) is 6.20 Å². The molecule has 4 nitrogen and oxygen atoms in total. The fourth-order valence-corrected chi connectivity index (χ4v) is 2.46. The van der Waals surface area contributed by atoms with Crippen molar-refractivity contribution in [2.45, 2.75) is 25.5 Å². The molecule has 0 radical (unpaired) electrons. The first-order valence-corrected chi connectivity index (χ1v) is 7.38. The maximum Gasteiger partial charge on any atom is 0.102 e. The molecule has 0 aliphatic rings. The summed E-state index contributed by atoms with van der Waals surface area (Å²) in [6, 6.07) is 8.33. The molecule has 0 fully saturated rings. The molecule has 0 bridgehead atoms. The van der Waals surface area contributed by atoms with Crippen LogP contribution in [0.25, 0.3) is 0 Å². The second-order valence-corrected chi connectivity index (χ2v) is 6.25. The number of hydrogen-bond donors (Lipinski definition) is 2. The summed E-state index contributed by atoms with van der Waals surface area (Å²) in [5, 5.41) is 18.0. The van der Waals surface area contributed by atoms with E-state index in [-0.39, 0.29) is 6.04 Å². The lowest BCUT2D eigenvalue weighted by atomic mass is 9.98. The Bertz CT molecular complexity index is 580. The second-order valence-electron chi connectivity index (χ2n) is 5.33. The molecule has 2 aromatic rings. The van der Waals surface area contributed by atoms with Crippen molar-refractivity contribution in [3.05, 3.63) is 52.3 Å². The molecule has 2 rings (SSSR count). The standard InChI is InChI=1S/C15H20BrN3O/c1-11(12-5-4-6-14(16)7-12)17-10-15(2,20)13-8-18-19(3)9-13/h4-9,11,17,20H,10H2,1-3H3. The molecule has 108 valence electrons. The molecule has 0 amide bonds. The quantitative estimate of drug-likeness (QED) is 0.881. The van der Waals surface area contributed by atoms with Crippen molar-refractivity contribution >= 4 is 15.9 Å². The monoisotopic (exact) mass is 337 g/mol. The highest BCUT2D eigenvalue weighted by Crippen LogP contribution is 2.22. The van der Waals surface area contributed by atoms with Crippen LogP contribution in [0, 0.1) is 0 Å². The van der Waals surface area contributed by atoms with Gasteiger partial charge in [0.1, 0.15) is 5.60 Å². The predicted octanol–water partition coefficient (Wildman–Crippen LogP) is 2.74. The molecule has 2 unspecified atom stereocenters. The van der Waals surface area contributed by atoms with Crippen molar-refractivity contribution in [2.75, 3.05) is 6.54 Å². The molecule has 2 N–H and O–H groups in total. The molecule has 5 heteroatoms. The Balaban J connectivity index is 2.01. The van der Waals surface area contributed by atoms with Gasteiger partial charge >= 0.3 is 0 Å². The van der Waals surface area contributed by atoms with Crippen LogP contribution in [0.3, 0.4) is 0 Å². The highest BCUT2D eigenvalue weighted by Gasteiger charge is 2.25. The van der Waals surface area contributed by atoms with Gasteiger partial charge in [-0.1, -0.05) is 28.1 Å². The fraction of sp³-hybridized carbons (Fsp3) is 0.400. The number of aliphatic hydroxyl groups is 1. The number of aryl methyl sites for hydroxylation is 1. The lowest BCUT2D eigenvalue weighted by Gasteiger charge is -2.25. The highest BCUT2D eigenvalue weighted by atomic mass is 79.9. The Morgan fingerprint density at radius 3 is 2.85 bits per heavy atom. The van der Waals surface area contributed by atoms with Crippen molar-refractivity contribution in [1.82, 2.24) is 15.1 Å². The van der Waals surface area contributed by atoms with Crippen LogP contribution in [0.1, 0.15) is 31.0 Å². The minimum atomic E-state index is -0.936. The maximum absolute atomic E-state index is 10.5. The summed E-state index contributed by atoms with van der Waals surface area (Å²) in [5.41, 5.74) is 1.06. The summed E-state index contributed by atoms with van der Waals surface area (Å²) in [7, 11) is 1.84. The molecule has 0 aliphatic heterocycles. The third kappa shape index (κ3) is 3.69. The summed E-state index contributed by atoms with van der Waals surface area (Å²) in [4.78, 5) is 0. The van der Waals surface area contributed by atoms with E-state index in [0.29, 0.717) is 6.54 Å². The zero-order valence-corrected chi connectivity index (χ0v) is 13.6. The predicted molar refractivity (Wildman–Crippen MR) is 83.3 cm³/mol. The van der Waals surface area contributed by atoms with Gasteiger partial charge in [-0.2, -0.15) is 5.10 Å². The number of rotatable bonds is 5. The van der Waals surface area contributed by atoms with Gasteiger partial charge in [-0.25, -0.2) is 0 Å². The van der Waals surface area contributed by atoms with Crippen LogP contribution in [-0.2, 0) is 12.6 Å². The third-order valence-corrected chi connectivity index (χ3v) is 3.92. The van der Waals surface area contributed by atoms with Crippen molar-refractivity contribution in [1.29, 1.82) is 0 Å². The lowest BCUT2D eigenvalue weighted by molar-refractivity contribution is 0.0543. The van der Waals surface area contributed by atoms with Crippen molar-refractivity contribution < 1.29 is 5.11 Å². The van der Waals surface area contributed by atoms with Gasteiger partial charge in [0, 0.05) is 35.9 Å². The van der Waals surface area contributed by atoms with E-state index in [2.05, 4.69) is 45.4 Å². The van der Waals surface area contributed by atoms with Crippen LogP contribution >= 0.6 is 15.9 Å². The van der Waals surface area contributed by atoms with Gasteiger partial charge in [0.2, 0.25) is 0 Å². The number of benzene rings is 1. The SMILES string of the molecule is CC(NCC(C)(O)c1cnn(C)c1)c1cccc(Br)c1. The van der Waals surface area contributed by atoms with Crippen LogP contribution in [0.2, 0.25) is 0 Å². The van der Waals surface area contributed by atoms with Gasteiger partial charge < -0.3 is 10.4 Å². The van der Waals surface area contributed by atoms with Crippen LogP contribution < -0.4 is 5.32 Å². The zero-order chi connectivity index (χ0) is 14.8. The molecule has 20 heavy (non-hydrogen) atoms. The molecule has 1 aromatic heterocycles. The first-order valence-electron chi connectivity index (χ1n) is 6.59. The molecular formula is C15H20BrN3O. The molecule has 2 atom stereocenters. The molecule has 0 aliphatic carbocycles. The topological polar surface area (TPSA) is 50.1 Å². The molecule has 0 saturated heterocycles. The summed E-state index contributed by atoms with van der Waals surface area (Å²) < 4.78 is 2.75. The van der Waals surface area contributed by atoms with E-state index in [1.54, 1.807) is 17.8 Å². The number of aromatic nitrogens is 2. The fourth-order valence-electron chi connectivity index (χ4n) is 2.05. The maximum atomic E-state index is 10.5. The van der Waals surface area contributed by atoms with Gasteiger partial charge in [0.25, 0.3) is 0 Å². The van der Waals surface area contributed by atoms with Crippen molar-refractivity contribution in [2.24, 2.45) is 7.05 Å². The number of nitrogens with one attached hydrogen (secondary N) is 1. The van der Waals surface area contributed by atoms with E-state index >= 15 is 0 Å². The average molecular weight is 338 g/mol. The normalized spacial score (nSPS) is 15.8. The molecular weight excluding hydrogens is 318 g/mol. The Kier molecular flexibility index (Phi) is 4.62. The smallest absolute Gasteiger partial charge is 0.102 e. The van der Waals surface area contributed by atoms with Crippen molar-refractivity contribution in [3.63, 3.8) is 0 Å². The van der Waals surface area contributed by atoms with E-state index in [4.69, 9.17) is 0 Å².